The smallest absolute Gasteiger partial charge is 0.0248 e. The lowest BCUT2D eigenvalue weighted by atomic mass is 9.88. The molecule has 0 aromatic carbocycles. The molecule has 2 atom stereocenters. The molecule has 16 heavy (non-hydrogen) atoms. The van der Waals surface area contributed by atoms with E-state index in [9.17, 15) is 0 Å². The zero-order valence-electron chi connectivity index (χ0n) is 11.7. The van der Waals surface area contributed by atoms with E-state index in [1.807, 2.05) is 0 Å². The van der Waals surface area contributed by atoms with Crippen molar-refractivity contribution in [2.24, 2.45) is 0 Å². The summed E-state index contributed by atoms with van der Waals surface area (Å²) in [5, 5.41) is 0. The Labute approximate surface area is 102 Å². The molecule has 1 saturated carbocycles. The lowest BCUT2D eigenvalue weighted by molar-refractivity contribution is 0.0778. The minimum Gasteiger partial charge on any atom is -0.302 e. The van der Waals surface area contributed by atoms with Crippen molar-refractivity contribution in [1.82, 2.24) is 9.80 Å². The van der Waals surface area contributed by atoms with Gasteiger partial charge in [-0.05, 0) is 52.9 Å². The first-order valence-electron chi connectivity index (χ1n) is 7.11. The molecule has 0 amide bonds. The normalized spacial score (nSPS) is 26.6. The van der Waals surface area contributed by atoms with Crippen LogP contribution in [-0.4, -0.2) is 49.1 Å². The van der Waals surface area contributed by atoms with Gasteiger partial charge in [-0.3, -0.25) is 0 Å². The maximum Gasteiger partial charge on any atom is 0.0248 e. The first-order chi connectivity index (χ1) is 7.70. The van der Waals surface area contributed by atoms with Crippen molar-refractivity contribution in [1.29, 1.82) is 0 Å². The molecule has 0 unspecified atom stereocenters. The zero-order valence-corrected chi connectivity index (χ0v) is 11.7. The third-order valence-corrected chi connectivity index (χ3v) is 3.98. The molecule has 1 fully saturated rings. The Morgan fingerprint density at radius 1 is 0.812 bits per heavy atom. The van der Waals surface area contributed by atoms with E-state index in [4.69, 9.17) is 0 Å². The van der Waals surface area contributed by atoms with Crippen LogP contribution in [0.3, 0.4) is 0 Å². The second-order valence-electron chi connectivity index (χ2n) is 5.38. The van der Waals surface area contributed by atoms with Gasteiger partial charge in [0.25, 0.3) is 0 Å². The highest BCUT2D eigenvalue weighted by molar-refractivity contribution is 4.87. The lowest BCUT2D eigenvalue weighted by Crippen LogP contribution is -2.51. The van der Waals surface area contributed by atoms with Gasteiger partial charge in [0.15, 0.2) is 0 Å². The Kier molecular flexibility index (Phi) is 6.37. The molecule has 0 spiro atoms. The van der Waals surface area contributed by atoms with Crippen molar-refractivity contribution in [2.75, 3.05) is 27.2 Å². The van der Waals surface area contributed by atoms with Crippen LogP contribution >= 0.6 is 0 Å². The van der Waals surface area contributed by atoms with Gasteiger partial charge in [-0.15, -0.1) is 0 Å². The molecule has 0 aliphatic heterocycles. The van der Waals surface area contributed by atoms with Gasteiger partial charge in [0.2, 0.25) is 0 Å². The average molecular weight is 226 g/mol. The van der Waals surface area contributed by atoms with Crippen molar-refractivity contribution in [3.63, 3.8) is 0 Å². The van der Waals surface area contributed by atoms with E-state index in [0.717, 1.165) is 12.1 Å². The van der Waals surface area contributed by atoms with E-state index in [-0.39, 0.29) is 0 Å². The number of hydrogen-bond acceptors (Lipinski definition) is 2. The zero-order chi connectivity index (χ0) is 12.0. The van der Waals surface area contributed by atoms with E-state index >= 15 is 0 Å². The van der Waals surface area contributed by atoms with Gasteiger partial charge in [0.05, 0.1) is 0 Å². The quantitative estimate of drug-likeness (QED) is 0.687. The number of rotatable bonds is 6. The first-order valence-corrected chi connectivity index (χ1v) is 7.11. The van der Waals surface area contributed by atoms with Crippen LogP contribution in [0.1, 0.15) is 52.4 Å². The fraction of sp³-hybridized carbons (Fsp3) is 1.00. The van der Waals surface area contributed by atoms with Gasteiger partial charge in [-0.2, -0.15) is 0 Å². The Morgan fingerprint density at radius 3 is 1.50 bits per heavy atom. The molecule has 0 aromatic heterocycles. The first kappa shape index (κ1) is 14.0. The van der Waals surface area contributed by atoms with Crippen LogP contribution in [0.25, 0.3) is 0 Å². The van der Waals surface area contributed by atoms with Crippen LogP contribution in [0.2, 0.25) is 0 Å². The Bertz CT molecular complexity index is 162. The van der Waals surface area contributed by atoms with Gasteiger partial charge >= 0.3 is 0 Å². The van der Waals surface area contributed by atoms with Crippen LogP contribution in [-0.2, 0) is 0 Å². The number of hydrogen-bond donors (Lipinski definition) is 0. The molecule has 0 heterocycles. The van der Waals surface area contributed by atoms with Crippen molar-refractivity contribution >= 4 is 0 Å². The number of likely N-dealkylation sites (N-methyl/N-ethyl adjacent to an activating group) is 2. The molecular formula is C14H30N2. The minimum atomic E-state index is 0.797. The third-order valence-electron chi connectivity index (χ3n) is 3.98. The van der Waals surface area contributed by atoms with Crippen LogP contribution < -0.4 is 0 Å². The summed E-state index contributed by atoms with van der Waals surface area (Å²) >= 11 is 0. The van der Waals surface area contributed by atoms with Gasteiger partial charge in [-0.1, -0.05) is 26.7 Å². The van der Waals surface area contributed by atoms with Crippen molar-refractivity contribution in [3.8, 4) is 0 Å². The van der Waals surface area contributed by atoms with E-state index in [1.54, 1.807) is 0 Å². The largest absolute Gasteiger partial charge is 0.302 e. The van der Waals surface area contributed by atoms with Gasteiger partial charge in [-0.25, -0.2) is 0 Å². The van der Waals surface area contributed by atoms with Gasteiger partial charge < -0.3 is 9.80 Å². The molecule has 0 N–H and O–H groups in total. The molecule has 2 heteroatoms. The Morgan fingerprint density at radius 2 is 1.19 bits per heavy atom. The van der Waals surface area contributed by atoms with Crippen molar-refractivity contribution in [3.05, 3.63) is 0 Å². The molecule has 0 aromatic rings. The minimum absolute atomic E-state index is 0.797. The van der Waals surface area contributed by atoms with Crippen LogP contribution in [0.15, 0.2) is 0 Å². The molecule has 0 radical (unpaired) electrons. The summed E-state index contributed by atoms with van der Waals surface area (Å²) < 4.78 is 0. The Hall–Kier alpha value is -0.0800. The Balaban J connectivity index is 2.55. The van der Waals surface area contributed by atoms with Crippen LogP contribution in [0.4, 0.5) is 0 Å². The highest BCUT2D eigenvalue weighted by atomic mass is 15.2. The highest BCUT2D eigenvalue weighted by Gasteiger charge is 2.30. The summed E-state index contributed by atoms with van der Waals surface area (Å²) in [4.78, 5) is 5.19. The van der Waals surface area contributed by atoms with Crippen molar-refractivity contribution in [2.45, 2.75) is 64.5 Å². The number of nitrogens with zero attached hydrogens (tertiary/aromatic N) is 2. The molecule has 1 rings (SSSR count). The molecule has 0 bridgehead atoms. The monoisotopic (exact) mass is 226 g/mol. The molecule has 96 valence electrons. The average Bonchev–Trinajstić information content (AvgIpc) is 2.30. The summed E-state index contributed by atoms with van der Waals surface area (Å²) in [7, 11) is 4.62. The van der Waals surface area contributed by atoms with Crippen molar-refractivity contribution < 1.29 is 0 Å². The summed E-state index contributed by atoms with van der Waals surface area (Å²) in [6, 6.07) is 1.59. The van der Waals surface area contributed by atoms with Gasteiger partial charge in [0, 0.05) is 12.1 Å². The topological polar surface area (TPSA) is 6.48 Å². The predicted octanol–water partition coefficient (Wildman–Crippen LogP) is 2.98. The molecule has 0 saturated heterocycles. The van der Waals surface area contributed by atoms with Gasteiger partial charge in [0.1, 0.15) is 0 Å². The van der Waals surface area contributed by atoms with E-state index in [0.29, 0.717) is 0 Å². The third kappa shape index (κ3) is 3.74. The maximum absolute atomic E-state index is 2.59. The van der Waals surface area contributed by atoms with E-state index in [1.165, 1.54) is 51.6 Å². The molecule has 2 nitrogen and oxygen atoms in total. The fourth-order valence-electron chi connectivity index (χ4n) is 3.16. The summed E-state index contributed by atoms with van der Waals surface area (Å²) in [6.45, 7) is 7.07. The maximum atomic E-state index is 2.59. The second kappa shape index (κ2) is 7.29. The van der Waals surface area contributed by atoms with E-state index in [2.05, 4.69) is 37.7 Å². The standard InChI is InChI=1S/C14H30N2/c1-5-11-15(3)13-9-7-8-10-14(13)16(4)12-6-2/h13-14H,5-12H2,1-4H3/t13-,14-/m1/s1. The highest BCUT2D eigenvalue weighted by Crippen LogP contribution is 2.26. The summed E-state index contributed by atoms with van der Waals surface area (Å²) in [5.41, 5.74) is 0. The molecular weight excluding hydrogens is 196 g/mol. The van der Waals surface area contributed by atoms with Crippen LogP contribution in [0.5, 0.6) is 0 Å². The lowest BCUT2D eigenvalue weighted by Gasteiger charge is -2.42. The SMILES string of the molecule is CCCN(C)[C@@H]1CCCC[C@H]1N(C)CCC. The second-order valence-corrected chi connectivity index (χ2v) is 5.38. The van der Waals surface area contributed by atoms with Crippen LogP contribution in [0, 0.1) is 0 Å². The molecule has 1 aliphatic carbocycles. The summed E-state index contributed by atoms with van der Waals surface area (Å²) in [5.74, 6) is 0. The summed E-state index contributed by atoms with van der Waals surface area (Å²) in [6.07, 6.45) is 8.20. The predicted molar refractivity (Wildman–Crippen MR) is 71.9 cm³/mol. The fourth-order valence-corrected chi connectivity index (χ4v) is 3.16. The van der Waals surface area contributed by atoms with E-state index < -0.39 is 0 Å². The molecule has 1 aliphatic rings.